The molecule has 12 heteroatoms. The molecule has 4 aromatic heterocycles. The van der Waals surface area contributed by atoms with Crippen LogP contribution < -0.4 is 14.8 Å². The lowest BCUT2D eigenvalue weighted by atomic mass is 10.0. The monoisotopic (exact) mass is 553 g/mol. The second-order valence-corrected chi connectivity index (χ2v) is 9.81. The molecule has 0 amide bonds. The number of nitrogens with zero attached hydrogens (tertiary/aromatic N) is 5. The van der Waals surface area contributed by atoms with Crippen molar-refractivity contribution in [3.8, 4) is 22.6 Å². The van der Waals surface area contributed by atoms with Crippen LogP contribution in [-0.2, 0) is 11.3 Å². The van der Waals surface area contributed by atoms with Gasteiger partial charge >= 0.3 is 0 Å². The molecule has 5 heterocycles. The average Bonchev–Trinajstić information content (AvgIpc) is 3.53. The zero-order valence-electron chi connectivity index (χ0n) is 20.8. The van der Waals surface area contributed by atoms with E-state index >= 15 is 0 Å². The maximum Gasteiger partial charge on any atom is 0.179 e. The first-order valence-corrected chi connectivity index (χ1v) is 12.9. The van der Waals surface area contributed by atoms with E-state index in [4.69, 9.17) is 47.5 Å². The van der Waals surface area contributed by atoms with Crippen LogP contribution in [0.3, 0.4) is 0 Å². The lowest BCUT2D eigenvalue weighted by molar-refractivity contribution is 0.0904. The molecule has 6 rings (SSSR count). The fraction of sp³-hybridized carbons (Fsp3) is 0.308. The van der Waals surface area contributed by atoms with E-state index in [1.165, 1.54) is 0 Å². The fourth-order valence-corrected chi connectivity index (χ4v) is 5.10. The SMILES string of the molecule is COc1cc(Cl)c(-c2cnc(NC3CCOCC3)c3nn(Cc4nc5nc(Cl)ccc5[nH]4)cc23)cc1OC. The molecule has 10 nitrogen and oxygen atoms in total. The zero-order valence-corrected chi connectivity index (χ0v) is 22.3. The zero-order chi connectivity index (χ0) is 26.2. The normalized spacial score (nSPS) is 14.3. The number of imidazole rings is 1. The number of methoxy groups -OCH3 is 2. The first-order chi connectivity index (χ1) is 18.5. The highest BCUT2D eigenvalue weighted by molar-refractivity contribution is 6.34. The van der Waals surface area contributed by atoms with Crippen LogP contribution in [0, 0.1) is 0 Å². The minimum absolute atomic E-state index is 0.256. The highest BCUT2D eigenvalue weighted by Gasteiger charge is 2.21. The Bertz CT molecular complexity index is 1630. The van der Waals surface area contributed by atoms with Crippen LogP contribution in [0.5, 0.6) is 11.5 Å². The van der Waals surface area contributed by atoms with Gasteiger partial charge in [-0.15, -0.1) is 0 Å². The van der Waals surface area contributed by atoms with Crippen LogP contribution in [0.1, 0.15) is 18.7 Å². The van der Waals surface area contributed by atoms with Crippen LogP contribution in [0.4, 0.5) is 5.82 Å². The Labute approximate surface area is 228 Å². The van der Waals surface area contributed by atoms with Gasteiger partial charge in [0.05, 0.1) is 31.3 Å². The standard InChI is InChI=1S/C26H25Cl2N7O3/c1-36-20-9-15(18(27)10-21(20)37-2)16-11-29-26(30-14-5-7-38-8-6-14)24-17(16)12-35(34-24)13-23-31-19-3-4-22(28)32-25(19)33-23/h3-4,9-12,14H,5-8,13H2,1-2H3,(H,29,30)(H,31,32,33). The summed E-state index contributed by atoms with van der Waals surface area (Å²) in [5.41, 5.74) is 3.69. The number of pyridine rings is 2. The van der Waals surface area contributed by atoms with Gasteiger partial charge in [0.2, 0.25) is 0 Å². The highest BCUT2D eigenvalue weighted by atomic mass is 35.5. The average molecular weight is 554 g/mol. The molecule has 0 saturated carbocycles. The van der Waals surface area contributed by atoms with E-state index in [1.54, 1.807) is 26.4 Å². The largest absolute Gasteiger partial charge is 0.493 e. The number of hydrogen-bond donors (Lipinski definition) is 2. The number of aromatic nitrogens is 6. The number of ether oxygens (including phenoxy) is 3. The third kappa shape index (κ3) is 4.70. The predicted molar refractivity (Wildman–Crippen MR) is 147 cm³/mol. The molecular formula is C26H25Cl2N7O3. The van der Waals surface area contributed by atoms with E-state index in [1.807, 2.05) is 29.2 Å². The minimum atomic E-state index is 0.256. The van der Waals surface area contributed by atoms with E-state index in [-0.39, 0.29) is 6.04 Å². The molecule has 1 aromatic carbocycles. The third-order valence-electron chi connectivity index (χ3n) is 6.60. The van der Waals surface area contributed by atoms with Gasteiger partial charge in [0, 0.05) is 54.2 Å². The van der Waals surface area contributed by atoms with Crippen LogP contribution in [0.2, 0.25) is 10.2 Å². The Morgan fingerprint density at radius 3 is 2.66 bits per heavy atom. The van der Waals surface area contributed by atoms with E-state index in [0.717, 1.165) is 53.6 Å². The Morgan fingerprint density at radius 2 is 1.87 bits per heavy atom. The maximum absolute atomic E-state index is 6.71. The van der Waals surface area contributed by atoms with Crippen molar-refractivity contribution in [1.29, 1.82) is 0 Å². The van der Waals surface area contributed by atoms with Crippen LogP contribution >= 0.6 is 23.2 Å². The van der Waals surface area contributed by atoms with Crippen molar-refractivity contribution in [3.63, 3.8) is 0 Å². The van der Waals surface area contributed by atoms with Crippen molar-refractivity contribution in [1.82, 2.24) is 29.7 Å². The summed E-state index contributed by atoms with van der Waals surface area (Å²) >= 11 is 12.7. The topological polar surface area (TPSA) is 112 Å². The first-order valence-electron chi connectivity index (χ1n) is 12.2. The van der Waals surface area contributed by atoms with Crippen molar-refractivity contribution >= 4 is 51.1 Å². The molecule has 38 heavy (non-hydrogen) atoms. The van der Waals surface area contributed by atoms with Crippen molar-refractivity contribution in [2.24, 2.45) is 0 Å². The van der Waals surface area contributed by atoms with Gasteiger partial charge in [0.25, 0.3) is 0 Å². The molecule has 1 saturated heterocycles. The highest BCUT2D eigenvalue weighted by Crippen LogP contribution is 2.41. The van der Waals surface area contributed by atoms with Gasteiger partial charge in [-0.3, -0.25) is 4.68 Å². The fourth-order valence-electron chi connectivity index (χ4n) is 4.70. The number of H-pyrrole nitrogens is 1. The molecule has 1 fully saturated rings. The summed E-state index contributed by atoms with van der Waals surface area (Å²) in [5.74, 6) is 2.55. The molecule has 0 radical (unpaired) electrons. The van der Waals surface area contributed by atoms with Crippen molar-refractivity contribution < 1.29 is 14.2 Å². The Balaban J connectivity index is 1.44. The maximum atomic E-state index is 6.71. The quantitative estimate of drug-likeness (QED) is 0.260. The molecule has 196 valence electrons. The Hall–Kier alpha value is -3.60. The van der Waals surface area contributed by atoms with Crippen LogP contribution in [0.15, 0.2) is 36.7 Å². The van der Waals surface area contributed by atoms with E-state index < -0.39 is 0 Å². The number of fused-ring (bicyclic) bond motifs is 2. The van der Waals surface area contributed by atoms with E-state index in [2.05, 4.69) is 20.3 Å². The number of anilines is 1. The molecule has 0 unspecified atom stereocenters. The summed E-state index contributed by atoms with van der Waals surface area (Å²) in [7, 11) is 3.17. The van der Waals surface area contributed by atoms with Crippen molar-refractivity contribution in [3.05, 3.63) is 52.7 Å². The molecule has 0 spiro atoms. The summed E-state index contributed by atoms with van der Waals surface area (Å²) in [4.78, 5) is 16.9. The number of benzene rings is 1. The number of rotatable bonds is 7. The molecule has 1 aliphatic heterocycles. The summed E-state index contributed by atoms with van der Waals surface area (Å²) < 4.78 is 18.3. The number of aromatic amines is 1. The van der Waals surface area contributed by atoms with Gasteiger partial charge in [-0.1, -0.05) is 23.2 Å². The number of halogens is 2. The molecular weight excluding hydrogens is 529 g/mol. The van der Waals surface area contributed by atoms with Crippen LogP contribution in [-0.4, -0.2) is 63.2 Å². The van der Waals surface area contributed by atoms with Gasteiger partial charge < -0.3 is 24.5 Å². The van der Waals surface area contributed by atoms with Gasteiger partial charge in [0.15, 0.2) is 23.0 Å². The Kier molecular flexibility index (Phi) is 6.69. The lowest BCUT2D eigenvalue weighted by Gasteiger charge is -2.23. The second kappa shape index (κ2) is 10.3. The van der Waals surface area contributed by atoms with Gasteiger partial charge in [-0.25, -0.2) is 15.0 Å². The minimum Gasteiger partial charge on any atom is -0.493 e. The molecule has 2 N–H and O–H groups in total. The summed E-state index contributed by atoms with van der Waals surface area (Å²) in [6, 6.07) is 7.44. The summed E-state index contributed by atoms with van der Waals surface area (Å²) in [6.45, 7) is 1.84. The Morgan fingerprint density at radius 1 is 1.08 bits per heavy atom. The molecule has 0 bridgehead atoms. The second-order valence-electron chi connectivity index (χ2n) is 9.02. The third-order valence-corrected chi connectivity index (χ3v) is 7.12. The van der Waals surface area contributed by atoms with Crippen LogP contribution in [0.25, 0.3) is 33.2 Å². The number of nitrogens with one attached hydrogen (secondary N) is 2. The number of hydrogen-bond acceptors (Lipinski definition) is 8. The summed E-state index contributed by atoms with van der Waals surface area (Å²) in [6.07, 6.45) is 5.60. The first kappa shape index (κ1) is 24.7. The van der Waals surface area contributed by atoms with Gasteiger partial charge in [-0.05, 0) is 31.0 Å². The van der Waals surface area contributed by atoms with E-state index in [9.17, 15) is 0 Å². The lowest BCUT2D eigenvalue weighted by Crippen LogP contribution is -2.28. The smallest absolute Gasteiger partial charge is 0.179 e. The molecule has 0 atom stereocenters. The predicted octanol–water partition coefficient (Wildman–Crippen LogP) is 5.33. The molecule has 1 aliphatic rings. The van der Waals surface area contributed by atoms with Crippen molar-refractivity contribution in [2.75, 3.05) is 32.8 Å². The van der Waals surface area contributed by atoms with Gasteiger partial charge in [-0.2, -0.15) is 5.10 Å². The van der Waals surface area contributed by atoms with E-state index in [0.29, 0.717) is 45.5 Å². The van der Waals surface area contributed by atoms with Crippen molar-refractivity contribution in [2.45, 2.75) is 25.4 Å². The summed E-state index contributed by atoms with van der Waals surface area (Å²) in [5, 5.41) is 10.3. The molecule has 5 aromatic rings. The van der Waals surface area contributed by atoms with Gasteiger partial charge in [0.1, 0.15) is 16.5 Å². The molecule has 0 aliphatic carbocycles.